The number of piperidine rings is 1. The molecular weight excluding hydrogens is 254 g/mol. The summed E-state index contributed by atoms with van der Waals surface area (Å²) in [7, 11) is 0. The minimum Gasteiger partial charge on any atom is -0.444 e. The molecule has 5 heteroatoms. The molecule has 1 saturated heterocycles. The monoisotopic (exact) mass is 285 g/mol. The predicted molar refractivity (Wildman–Crippen MR) is 82.0 cm³/mol. The summed E-state index contributed by atoms with van der Waals surface area (Å²) in [5.74, 6) is 0. The molecule has 0 aliphatic carbocycles. The molecule has 0 spiro atoms. The molecule has 5 nitrogen and oxygen atoms in total. The van der Waals surface area contributed by atoms with Crippen LogP contribution in [0.25, 0.3) is 0 Å². The van der Waals surface area contributed by atoms with E-state index in [-0.39, 0.29) is 6.09 Å². The van der Waals surface area contributed by atoms with Gasteiger partial charge >= 0.3 is 6.09 Å². The summed E-state index contributed by atoms with van der Waals surface area (Å²) in [5, 5.41) is 6.19. The maximum Gasteiger partial charge on any atom is 0.407 e. The molecule has 0 atom stereocenters. The average molecular weight is 285 g/mol. The van der Waals surface area contributed by atoms with Gasteiger partial charge in [-0.15, -0.1) is 0 Å². The van der Waals surface area contributed by atoms with Gasteiger partial charge in [0.2, 0.25) is 0 Å². The van der Waals surface area contributed by atoms with Crippen LogP contribution in [0.1, 0.15) is 46.5 Å². The highest BCUT2D eigenvalue weighted by Gasteiger charge is 2.15. The number of ether oxygens (including phenoxy) is 1. The lowest BCUT2D eigenvalue weighted by molar-refractivity contribution is 0.0527. The van der Waals surface area contributed by atoms with Gasteiger partial charge in [-0.3, -0.25) is 0 Å². The highest BCUT2D eigenvalue weighted by molar-refractivity contribution is 5.67. The van der Waals surface area contributed by atoms with Crippen molar-refractivity contribution in [3.63, 3.8) is 0 Å². The van der Waals surface area contributed by atoms with Gasteiger partial charge in [0, 0.05) is 19.6 Å². The average Bonchev–Trinajstić information content (AvgIpc) is 2.37. The smallest absolute Gasteiger partial charge is 0.407 e. The Hall–Kier alpha value is -0.810. The number of hydrogen-bond acceptors (Lipinski definition) is 4. The summed E-state index contributed by atoms with van der Waals surface area (Å²) in [6.45, 7) is 11.9. The molecule has 1 fully saturated rings. The van der Waals surface area contributed by atoms with E-state index in [1.807, 2.05) is 20.8 Å². The largest absolute Gasteiger partial charge is 0.444 e. The predicted octanol–water partition coefficient (Wildman–Crippen LogP) is 1.98. The van der Waals surface area contributed by atoms with Crippen LogP contribution in [0.5, 0.6) is 0 Å². The second-order valence-electron chi connectivity index (χ2n) is 6.43. The van der Waals surface area contributed by atoms with Crippen molar-refractivity contribution in [2.75, 3.05) is 39.3 Å². The number of rotatable bonds is 7. The Labute approximate surface area is 123 Å². The fraction of sp³-hybridized carbons (Fsp3) is 0.933. The van der Waals surface area contributed by atoms with E-state index in [4.69, 9.17) is 4.74 Å². The van der Waals surface area contributed by atoms with E-state index in [9.17, 15) is 4.79 Å². The molecule has 118 valence electrons. The van der Waals surface area contributed by atoms with Gasteiger partial charge in [-0.1, -0.05) is 6.42 Å². The number of amides is 1. The Morgan fingerprint density at radius 3 is 2.45 bits per heavy atom. The molecule has 0 saturated carbocycles. The third-order valence-electron chi connectivity index (χ3n) is 3.25. The van der Waals surface area contributed by atoms with Crippen molar-refractivity contribution in [1.82, 2.24) is 15.5 Å². The Bertz CT molecular complexity index is 271. The molecule has 0 aromatic rings. The van der Waals surface area contributed by atoms with Crippen molar-refractivity contribution < 1.29 is 9.53 Å². The first-order valence-corrected chi connectivity index (χ1v) is 7.87. The molecule has 0 bridgehead atoms. The zero-order chi connectivity index (χ0) is 14.8. The standard InChI is InChI=1S/C15H31N3O2/c1-15(2,3)20-14(19)17-9-7-8-16-10-13-18-11-5-4-6-12-18/h16H,4-13H2,1-3H3,(H,17,19). The lowest BCUT2D eigenvalue weighted by Crippen LogP contribution is -2.37. The summed E-state index contributed by atoms with van der Waals surface area (Å²) >= 11 is 0. The zero-order valence-corrected chi connectivity index (χ0v) is 13.3. The van der Waals surface area contributed by atoms with Crippen LogP contribution in [-0.2, 0) is 4.74 Å². The number of nitrogens with one attached hydrogen (secondary N) is 2. The summed E-state index contributed by atoms with van der Waals surface area (Å²) in [4.78, 5) is 13.9. The minimum atomic E-state index is -0.420. The summed E-state index contributed by atoms with van der Waals surface area (Å²) in [6.07, 6.45) is 4.69. The first-order valence-electron chi connectivity index (χ1n) is 7.87. The van der Waals surface area contributed by atoms with E-state index < -0.39 is 5.60 Å². The van der Waals surface area contributed by atoms with E-state index >= 15 is 0 Å². The first-order chi connectivity index (χ1) is 9.47. The summed E-state index contributed by atoms with van der Waals surface area (Å²) in [5.41, 5.74) is -0.420. The van der Waals surface area contributed by atoms with E-state index in [2.05, 4.69) is 15.5 Å². The molecule has 0 aromatic heterocycles. The number of hydrogen-bond donors (Lipinski definition) is 2. The van der Waals surface area contributed by atoms with Crippen LogP contribution >= 0.6 is 0 Å². The Morgan fingerprint density at radius 2 is 1.80 bits per heavy atom. The third kappa shape index (κ3) is 9.15. The Morgan fingerprint density at radius 1 is 1.10 bits per heavy atom. The van der Waals surface area contributed by atoms with Crippen molar-refractivity contribution in [2.45, 2.75) is 52.1 Å². The van der Waals surface area contributed by atoms with Crippen LogP contribution in [0.15, 0.2) is 0 Å². The molecule has 0 aromatic carbocycles. The quantitative estimate of drug-likeness (QED) is 0.702. The van der Waals surface area contributed by atoms with E-state index in [1.165, 1.54) is 32.4 Å². The molecule has 0 radical (unpaired) electrons. The number of nitrogens with zero attached hydrogens (tertiary/aromatic N) is 1. The van der Waals surface area contributed by atoms with Gasteiger partial charge in [-0.25, -0.2) is 4.79 Å². The Balaban J connectivity index is 1.88. The molecule has 0 unspecified atom stereocenters. The van der Waals surface area contributed by atoms with Crippen LogP contribution in [0.2, 0.25) is 0 Å². The molecular formula is C15H31N3O2. The maximum atomic E-state index is 11.4. The van der Waals surface area contributed by atoms with Gasteiger partial charge in [-0.2, -0.15) is 0 Å². The van der Waals surface area contributed by atoms with Crippen molar-refractivity contribution in [2.24, 2.45) is 0 Å². The second kappa shape index (κ2) is 9.19. The molecule has 1 heterocycles. The molecule has 1 amide bonds. The summed E-state index contributed by atoms with van der Waals surface area (Å²) in [6, 6.07) is 0. The Kier molecular flexibility index (Phi) is 7.92. The SMILES string of the molecule is CC(C)(C)OC(=O)NCCCNCCN1CCCCC1. The zero-order valence-electron chi connectivity index (χ0n) is 13.3. The van der Waals surface area contributed by atoms with Gasteiger partial charge in [-0.05, 0) is 59.7 Å². The van der Waals surface area contributed by atoms with Crippen molar-refractivity contribution in [1.29, 1.82) is 0 Å². The molecule has 1 rings (SSSR count). The molecule has 20 heavy (non-hydrogen) atoms. The van der Waals surface area contributed by atoms with Gasteiger partial charge < -0.3 is 20.3 Å². The minimum absolute atomic E-state index is 0.328. The highest BCUT2D eigenvalue weighted by atomic mass is 16.6. The normalized spacial score (nSPS) is 16.9. The van der Waals surface area contributed by atoms with Crippen molar-refractivity contribution >= 4 is 6.09 Å². The first kappa shape index (κ1) is 17.2. The number of alkyl carbamates (subject to hydrolysis) is 1. The second-order valence-corrected chi connectivity index (χ2v) is 6.43. The van der Waals surface area contributed by atoms with E-state index in [0.717, 1.165) is 26.1 Å². The van der Waals surface area contributed by atoms with Gasteiger partial charge in [0.25, 0.3) is 0 Å². The van der Waals surface area contributed by atoms with Crippen LogP contribution in [0.3, 0.4) is 0 Å². The number of likely N-dealkylation sites (tertiary alicyclic amines) is 1. The highest BCUT2D eigenvalue weighted by Crippen LogP contribution is 2.07. The summed E-state index contributed by atoms with van der Waals surface area (Å²) < 4.78 is 5.17. The maximum absolute atomic E-state index is 11.4. The van der Waals surface area contributed by atoms with E-state index in [1.54, 1.807) is 0 Å². The van der Waals surface area contributed by atoms with Crippen molar-refractivity contribution in [3.8, 4) is 0 Å². The van der Waals surface area contributed by atoms with Crippen LogP contribution in [0, 0.1) is 0 Å². The lowest BCUT2D eigenvalue weighted by atomic mass is 10.1. The van der Waals surface area contributed by atoms with Crippen LogP contribution < -0.4 is 10.6 Å². The lowest BCUT2D eigenvalue weighted by Gasteiger charge is -2.26. The molecule has 1 aliphatic rings. The fourth-order valence-corrected chi connectivity index (χ4v) is 2.26. The molecule has 2 N–H and O–H groups in total. The topological polar surface area (TPSA) is 53.6 Å². The third-order valence-corrected chi connectivity index (χ3v) is 3.25. The number of carbonyl (C=O) groups is 1. The van der Waals surface area contributed by atoms with Crippen molar-refractivity contribution in [3.05, 3.63) is 0 Å². The van der Waals surface area contributed by atoms with Gasteiger partial charge in [0.1, 0.15) is 5.60 Å². The van der Waals surface area contributed by atoms with E-state index in [0.29, 0.717) is 6.54 Å². The molecule has 1 aliphatic heterocycles. The van der Waals surface area contributed by atoms with Crippen LogP contribution in [-0.4, -0.2) is 55.9 Å². The van der Waals surface area contributed by atoms with Crippen LogP contribution in [0.4, 0.5) is 4.79 Å². The number of carbonyl (C=O) groups excluding carboxylic acids is 1. The van der Waals surface area contributed by atoms with Gasteiger partial charge in [0.05, 0.1) is 0 Å². The fourth-order valence-electron chi connectivity index (χ4n) is 2.26. The van der Waals surface area contributed by atoms with Gasteiger partial charge in [0.15, 0.2) is 0 Å².